The van der Waals surface area contributed by atoms with Crippen molar-refractivity contribution in [2.75, 3.05) is 39.3 Å². The molecule has 3 heteroatoms. The second-order valence-corrected chi connectivity index (χ2v) is 4.92. The fourth-order valence-electron chi connectivity index (χ4n) is 2.44. The van der Waals surface area contributed by atoms with Crippen LogP contribution >= 0.6 is 0 Å². The minimum Gasteiger partial charge on any atom is -0.396 e. The van der Waals surface area contributed by atoms with Gasteiger partial charge in [0.2, 0.25) is 0 Å². The fourth-order valence-corrected chi connectivity index (χ4v) is 2.44. The highest BCUT2D eigenvalue weighted by atomic mass is 16.3. The minimum atomic E-state index is 0.376. The van der Waals surface area contributed by atoms with Crippen molar-refractivity contribution in [2.45, 2.75) is 39.0 Å². The standard InChI is InChI=1S/C13H28N2O/c1-2-5-13(12-16)6-3-4-9-15-10-7-14-8-11-15/h13-14,16H,2-12H2,1H3/t13-/m0/s1. The molecule has 0 aromatic rings. The summed E-state index contributed by atoms with van der Waals surface area (Å²) >= 11 is 0. The molecule has 1 fully saturated rings. The molecule has 1 rings (SSSR count). The van der Waals surface area contributed by atoms with E-state index in [-0.39, 0.29) is 0 Å². The van der Waals surface area contributed by atoms with Crippen molar-refractivity contribution >= 4 is 0 Å². The van der Waals surface area contributed by atoms with Gasteiger partial charge in [-0.1, -0.05) is 19.8 Å². The normalized spacial score (nSPS) is 19.9. The van der Waals surface area contributed by atoms with Gasteiger partial charge in [-0.25, -0.2) is 0 Å². The van der Waals surface area contributed by atoms with Crippen molar-refractivity contribution in [3.05, 3.63) is 0 Å². The van der Waals surface area contributed by atoms with Crippen molar-refractivity contribution in [3.63, 3.8) is 0 Å². The molecule has 0 aliphatic carbocycles. The number of nitrogens with one attached hydrogen (secondary N) is 1. The van der Waals surface area contributed by atoms with E-state index in [1.165, 1.54) is 51.7 Å². The quantitative estimate of drug-likeness (QED) is 0.618. The Morgan fingerprint density at radius 2 is 1.94 bits per heavy atom. The number of hydrogen-bond acceptors (Lipinski definition) is 3. The zero-order chi connectivity index (χ0) is 11.6. The molecule has 1 saturated heterocycles. The minimum absolute atomic E-state index is 0.376. The average molecular weight is 228 g/mol. The Labute approximate surface area is 100 Å². The molecule has 0 bridgehead atoms. The highest BCUT2D eigenvalue weighted by Gasteiger charge is 2.09. The summed E-state index contributed by atoms with van der Waals surface area (Å²) in [5.74, 6) is 0.549. The first-order valence-corrected chi connectivity index (χ1v) is 6.90. The van der Waals surface area contributed by atoms with Crippen LogP contribution in [-0.4, -0.2) is 49.3 Å². The Balaban J connectivity index is 1.97. The van der Waals surface area contributed by atoms with Crippen LogP contribution in [0.15, 0.2) is 0 Å². The second kappa shape index (κ2) is 8.97. The first-order chi connectivity index (χ1) is 7.86. The molecular weight excluding hydrogens is 200 g/mol. The van der Waals surface area contributed by atoms with Crippen molar-refractivity contribution in [1.82, 2.24) is 10.2 Å². The molecule has 1 atom stereocenters. The van der Waals surface area contributed by atoms with Crippen LogP contribution in [0.3, 0.4) is 0 Å². The third kappa shape index (κ3) is 5.83. The summed E-state index contributed by atoms with van der Waals surface area (Å²) in [5, 5.41) is 12.6. The van der Waals surface area contributed by atoms with Crippen LogP contribution in [0.25, 0.3) is 0 Å². The highest BCUT2D eigenvalue weighted by Crippen LogP contribution is 2.14. The van der Waals surface area contributed by atoms with Crippen molar-refractivity contribution < 1.29 is 5.11 Å². The van der Waals surface area contributed by atoms with Gasteiger partial charge in [-0.2, -0.15) is 0 Å². The smallest absolute Gasteiger partial charge is 0.0459 e. The number of nitrogens with zero attached hydrogens (tertiary/aromatic N) is 1. The molecule has 1 aliphatic rings. The molecule has 0 amide bonds. The largest absolute Gasteiger partial charge is 0.396 e. The van der Waals surface area contributed by atoms with Gasteiger partial charge in [-0.15, -0.1) is 0 Å². The van der Waals surface area contributed by atoms with Crippen LogP contribution in [0.5, 0.6) is 0 Å². The van der Waals surface area contributed by atoms with Crippen LogP contribution in [-0.2, 0) is 0 Å². The summed E-state index contributed by atoms with van der Waals surface area (Å²) in [6, 6.07) is 0. The van der Waals surface area contributed by atoms with E-state index in [1.807, 2.05) is 0 Å². The second-order valence-electron chi connectivity index (χ2n) is 4.92. The van der Waals surface area contributed by atoms with Crippen molar-refractivity contribution in [2.24, 2.45) is 5.92 Å². The summed E-state index contributed by atoms with van der Waals surface area (Å²) in [4.78, 5) is 2.55. The summed E-state index contributed by atoms with van der Waals surface area (Å²) in [7, 11) is 0. The molecule has 3 nitrogen and oxygen atoms in total. The monoisotopic (exact) mass is 228 g/mol. The van der Waals surface area contributed by atoms with Gasteiger partial charge in [-0.05, 0) is 31.7 Å². The van der Waals surface area contributed by atoms with Gasteiger partial charge in [0.05, 0.1) is 0 Å². The lowest BCUT2D eigenvalue weighted by molar-refractivity contribution is 0.199. The lowest BCUT2D eigenvalue weighted by Gasteiger charge is -2.27. The predicted molar refractivity (Wildman–Crippen MR) is 68.6 cm³/mol. The zero-order valence-corrected chi connectivity index (χ0v) is 10.7. The number of rotatable bonds is 8. The Morgan fingerprint density at radius 1 is 1.19 bits per heavy atom. The first kappa shape index (κ1) is 13.9. The van der Waals surface area contributed by atoms with Crippen LogP contribution in [0.2, 0.25) is 0 Å². The van der Waals surface area contributed by atoms with Gasteiger partial charge in [0.15, 0.2) is 0 Å². The molecule has 0 radical (unpaired) electrons. The van der Waals surface area contributed by atoms with E-state index < -0.39 is 0 Å². The maximum Gasteiger partial charge on any atom is 0.0459 e. The Kier molecular flexibility index (Phi) is 7.81. The van der Waals surface area contributed by atoms with Crippen LogP contribution in [0.1, 0.15) is 39.0 Å². The van der Waals surface area contributed by atoms with Gasteiger partial charge >= 0.3 is 0 Å². The summed E-state index contributed by atoms with van der Waals surface area (Å²) in [6.07, 6.45) is 6.15. The van der Waals surface area contributed by atoms with E-state index in [2.05, 4.69) is 17.1 Å². The van der Waals surface area contributed by atoms with E-state index in [0.717, 1.165) is 13.1 Å². The van der Waals surface area contributed by atoms with E-state index in [9.17, 15) is 5.11 Å². The predicted octanol–water partition coefficient (Wildman–Crippen LogP) is 1.47. The van der Waals surface area contributed by atoms with Gasteiger partial charge in [0.1, 0.15) is 0 Å². The lowest BCUT2D eigenvalue weighted by atomic mass is 9.98. The van der Waals surface area contributed by atoms with Crippen molar-refractivity contribution in [1.29, 1.82) is 0 Å². The Bertz CT molecular complexity index is 151. The van der Waals surface area contributed by atoms with Crippen LogP contribution in [0, 0.1) is 5.92 Å². The van der Waals surface area contributed by atoms with E-state index in [0.29, 0.717) is 12.5 Å². The van der Waals surface area contributed by atoms with E-state index >= 15 is 0 Å². The maximum atomic E-state index is 9.19. The molecule has 0 aromatic carbocycles. The topological polar surface area (TPSA) is 35.5 Å². The molecule has 1 heterocycles. The highest BCUT2D eigenvalue weighted by molar-refractivity contribution is 4.67. The number of aliphatic hydroxyl groups excluding tert-OH is 1. The van der Waals surface area contributed by atoms with Crippen molar-refractivity contribution in [3.8, 4) is 0 Å². The molecule has 16 heavy (non-hydrogen) atoms. The molecular formula is C13H28N2O. The fraction of sp³-hybridized carbons (Fsp3) is 1.00. The third-order valence-electron chi connectivity index (χ3n) is 3.50. The van der Waals surface area contributed by atoms with Gasteiger partial charge < -0.3 is 15.3 Å². The Hall–Kier alpha value is -0.120. The number of hydrogen-bond donors (Lipinski definition) is 2. The number of aliphatic hydroxyl groups is 1. The molecule has 1 aliphatic heterocycles. The molecule has 0 spiro atoms. The van der Waals surface area contributed by atoms with E-state index in [4.69, 9.17) is 0 Å². The first-order valence-electron chi connectivity index (χ1n) is 6.90. The van der Waals surface area contributed by atoms with E-state index in [1.54, 1.807) is 0 Å². The van der Waals surface area contributed by atoms with Gasteiger partial charge in [-0.3, -0.25) is 0 Å². The lowest BCUT2D eigenvalue weighted by Crippen LogP contribution is -2.43. The molecule has 0 saturated carbocycles. The third-order valence-corrected chi connectivity index (χ3v) is 3.50. The SMILES string of the molecule is CCC[C@H](CO)CCCCN1CCNCC1. The van der Waals surface area contributed by atoms with Gasteiger partial charge in [0.25, 0.3) is 0 Å². The van der Waals surface area contributed by atoms with Gasteiger partial charge in [0, 0.05) is 32.8 Å². The molecule has 2 N–H and O–H groups in total. The molecule has 96 valence electrons. The number of piperazine rings is 1. The summed E-state index contributed by atoms with van der Waals surface area (Å²) in [6.45, 7) is 8.53. The molecule has 0 aromatic heterocycles. The summed E-state index contributed by atoms with van der Waals surface area (Å²) < 4.78 is 0. The maximum absolute atomic E-state index is 9.19. The average Bonchev–Trinajstić information content (AvgIpc) is 2.34. The van der Waals surface area contributed by atoms with Crippen LogP contribution in [0.4, 0.5) is 0 Å². The summed E-state index contributed by atoms with van der Waals surface area (Å²) in [5.41, 5.74) is 0. The zero-order valence-electron chi connectivity index (χ0n) is 10.7. The Morgan fingerprint density at radius 3 is 2.56 bits per heavy atom. The van der Waals surface area contributed by atoms with Crippen LogP contribution < -0.4 is 5.32 Å². The number of unbranched alkanes of at least 4 members (excludes halogenated alkanes) is 1. The molecule has 0 unspecified atom stereocenters.